The number of hydrogen-bond acceptors (Lipinski definition) is 2. The molecule has 0 aliphatic carbocycles. The van der Waals surface area contributed by atoms with Gasteiger partial charge in [0.2, 0.25) is 5.91 Å². The summed E-state index contributed by atoms with van der Waals surface area (Å²) in [5.74, 6) is 0.195. The summed E-state index contributed by atoms with van der Waals surface area (Å²) in [5.41, 5.74) is 0. The Kier molecular flexibility index (Phi) is 2.68. The zero-order valence-electron chi connectivity index (χ0n) is 6.05. The van der Waals surface area contributed by atoms with E-state index in [2.05, 4.69) is 0 Å². The third kappa shape index (κ3) is 1.70. The van der Waals surface area contributed by atoms with Gasteiger partial charge in [-0.1, -0.05) is 0 Å². The minimum Gasteiger partial charge on any atom is -0.396 e. The molecule has 1 aliphatic rings. The molecule has 0 aromatic rings. The molecule has 0 aromatic heterocycles. The van der Waals surface area contributed by atoms with E-state index in [1.54, 1.807) is 0 Å². The number of aliphatic hydroxyl groups excluding tert-OH is 1. The summed E-state index contributed by atoms with van der Waals surface area (Å²) < 4.78 is 0. The molecule has 0 spiro atoms. The Morgan fingerprint density at radius 2 is 2.20 bits per heavy atom. The molecule has 1 rings (SSSR count). The molecule has 1 saturated heterocycles. The number of nitrogens with zero attached hydrogens (tertiary/aromatic N) is 1. The van der Waals surface area contributed by atoms with Gasteiger partial charge >= 0.3 is 0 Å². The van der Waals surface area contributed by atoms with Gasteiger partial charge in [-0.15, -0.1) is 0 Å². The minimum absolute atomic E-state index is 0.125. The normalized spacial score (nSPS) is 16.7. The first-order chi connectivity index (χ1) is 4.84. The lowest BCUT2D eigenvalue weighted by Crippen LogP contribution is -2.41. The van der Waals surface area contributed by atoms with Gasteiger partial charge in [0.15, 0.2) is 0 Å². The number of amides is 1. The molecule has 0 unspecified atom stereocenters. The number of likely N-dealkylation sites (tertiary alicyclic amines) is 1. The standard InChI is InChI=1S/C7H13NO2/c9-6-1-3-7(10)8-4-2-5-8/h9H,1-6H2. The first-order valence-corrected chi connectivity index (χ1v) is 3.73. The second-order valence-electron chi connectivity index (χ2n) is 2.56. The Balaban J connectivity index is 2.08. The Morgan fingerprint density at radius 1 is 1.50 bits per heavy atom. The number of hydrogen-bond donors (Lipinski definition) is 1. The summed E-state index contributed by atoms with van der Waals surface area (Å²) >= 11 is 0. The number of carbonyl (C=O) groups is 1. The fourth-order valence-electron chi connectivity index (χ4n) is 0.954. The molecule has 0 bridgehead atoms. The third-order valence-electron chi connectivity index (χ3n) is 1.76. The van der Waals surface area contributed by atoms with Crippen LogP contribution in [0.25, 0.3) is 0 Å². The van der Waals surface area contributed by atoms with E-state index >= 15 is 0 Å². The van der Waals surface area contributed by atoms with Crippen molar-refractivity contribution >= 4 is 5.91 Å². The lowest BCUT2D eigenvalue weighted by molar-refractivity contribution is -0.134. The van der Waals surface area contributed by atoms with Gasteiger partial charge in [-0.3, -0.25) is 4.79 Å². The van der Waals surface area contributed by atoms with Gasteiger partial charge in [0, 0.05) is 26.1 Å². The second-order valence-corrected chi connectivity index (χ2v) is 2.56. The molecule has 0 atom stereocenters. The zero-order valence-corrected chi connectivity index (χ0v) is 6.05. The summed E-state index contributed by atoms with van der Waals surface area (Å²) in [6.07, 6.45) is 2.26. The molecule has 1 fully saturated rings. The maximum atomic E-state index is 11.0. The lowest BCUT2D eigenvalue weighted by atomic mass is 10.2. The molecule has 1 aliphatic heterocycles. The van der Waals surface area contributed by atoms with Gasteiger partial charge in [0.05, 0.1) is 0 Å². The summed E-state index contributed by atoms with van der Waals surface area (Å²) in [4.78, 5) is 12.8. The summed E-state index contributed by atoms with van der Waals surface area (Å²) in [7, 11) is 0. The quantitative estimate of drug-likeness (QED) is 0.603. The maximum Gasteiger partial charge on any atom is 0.222 e. The Morgan fingerprint density at radius 3 is 2.60 bits per heavy atom. The first kappa shape index (κ1) is 7.54. The molecule has 0 radical (unpaired) electrons. The average molecular weight is 143 g/mol. The molecule has 3 heteroatoms. The van der Waals surface area contributed by atoms with Crippen molar-refractivity contribution in [2.24, 2.45) is 0 Å². The van der Waals surface area contributed by atoms with Crippen LogP contribution in [0.5, 0.6) is 0 Å². The minimum atomic E-state index is 0.125. The lowest BCUT2D eigenvalue weighted by Gasteiger charge is -2.30. The van der Waals surface area contributed by atoms with E-state index < -0.39 is 0 Å². The van der Waals surface area contributed by atoms with Crippen LogP contribution in [0.4, 0.5) is 0 Å². The maximum absolute atomic E-state index is 11.0. The number of carbonyl (C=O) groups excluding carboxylic acids is 1. The van der Waals surface area contributed by atoms with Crippen LogP contribution in [0.3, 0.4) is 0 Å². The van der Waals surface area contributed by atoms with Crippen molar-refractivity contribution < 1.29 is 9.90 Å². The highest BCUT2D eigenvalue weighted by Gasteiger charge is 2.18. The van der Waals surface area contributed by atoms with Crippen LogP contribution < -0.4 is 0 Å². The number of aliphatic hydroxyl groups is 1. The molecule has 0 saturated carbocycles. The summed E-state index contributed by atoms with van der Waals surface area (Å²) in [5, 5.41) is 8.42. The molecule has 1 N–H and O–H groups in total. The topological polar surface area (TPSA) is 40.5 Å². The van der Waals surface area contributed by atoms with E-state index in [1.807, 2.05) is 4.90 Å². The van der Waals surface area contributed by atoms with Gasteiger partial charge in [-0.05, 0) is 12.8 Å². The van der Waals surface area contributed by atoms with Crippen molar-refractivity contribution in [2.75, 3.05) is 19.7 Å². The average Bonchev–Trinajstić information content (AvgIpc) is 1.79. The van der Waals surface area contributed by atoms with Gasteiger partial charge in [0.25, 0.3) is 0 Å². The highest BCUT2D eigenvalue weighted by molar-refractivity contribution is 5.76. The molecule has 58 valence electrons. The molecule has 0 aromatic carbocycles. The second kappa shape index (κ2) is 3.56. The van der Waals surface area contributed by atoms with Crippen molar-refractivity contribution in [1.82, 2.24) is 4.90 Å². The van der Waals surface area contributed by atoms with E-state index in [0.29, 0.717) is 12.8 Å². The smallest absolute Gasteiger partial charge is 0.222 e. The Labute approximate surface area is 60.6 Å². The van der Waals surface area contributed by atoms with Gasteiger partial charge < -0.3 is 10.0 Å². The van der Waals surface area contributed by atoms with Crippen molar-refractivity contribution in [3.8, 4) is 0 Å². The van der Waals surface area contributed by atoms with Crippen LogP contribution >= 0.6 is 0 Å². The van der Waals surface area contributed by atoms with Gasteiger partial charge in [-0.2, -0.15) is 0 Å². The molecule has 3 nitrogen and oxygen atoms in total. The molecule has 1 heterocycles. The highest BCUT2D eigenvalue weighted by Crippen LogP contribution is 2.08. The van der Waals surface area contributed by atoms with Crippen LogP contribution in [-0.4, -0.2) is 35.6 Å². The Bertz CT molecular complexity index is 121. The van der Waals surface area contributed by atoms with Crippen LogP contribution in [0, 0.1) is 0 Å². The van der Waals surface area contributed by atoms with Crippen LogP contribution in [0.15, 0.2) is 0 Å². The van der Waals surface area contributed by atoms with Crippen molar-refractivity contribution in [1.29, 1.82) is 0 Å². The predicted octanol–water partition coefficient (Wildman–Crippen LogP) is -0.00880. The molecule has 1 amide bonds. The Hall–Kier alpha value is -0.570. The van der Waals surface area contributed by atoms with E-state index in [1.165, 1.54) is 0 Å². The van der Waals surface area contributed by atoms with Gasteiger partial charge in [-0.25, -0.2) is 0 Å². The number of rotatable bonds is 3. The van der Waals surface area contributed by atoms with Crippen molar-refractivity contribution in [3.63, 3.8) is 0 Å². The van der Waals surface area contributed by atoms with Gasteiger partial charge in [0.1, 0.15) is 0 Å². The summed E-state index contributed by atoms with van der Waals surface area (Å²) in [6, 6.07) is 0. The SMILES string of the molecule is O=C(CCCO)N1CCC1. The highest BCUT2D eigenvalue weighted by atomic mass is 16.3. The summed E-state index contributed by atoms with van der Waals surface area (Å²) in [6.45, 7) is 1.97. The van der Waals surface area contributed by atoms with E-state index in [-0.39, 0.29) is 12.5 Å². The van der Waals surface area contributed by atoms with Crippen molar-refractivity contribution in [3.05, 3.63) is 0 Å². The molecule has 10 heavy (non-hydrogen) atoms. The fraction of sp³-hybridized carbons (Fsp3) is 0.857. The largest absolute Gasteiger partial charge is 0.396 e. The van der Waals surface area contributed by atoms with Crippen LogP contribution in [-0.2, 0) is 4.79 Å². The zero-order chi connectivity index (χ0) is 7.40. The van der Waals surface area contributed by atoms with E-state index in [0.717, 1.165) is 19.5 Å². The molecular formula is C7H13NO2. The predicted molar refractivity (Wildman–Crippen MR) is 37.5 cm³/mol. The molecular weight excluding hydrogens is 130 g/mol. The third-order valence-corrected chi connectivity index (χ3v) is 1.76. The van der Waals surface area contributed by atoms with Crippen LogP contribution in [0.2, 0.25) is 0 Å². The van der Waals surface area contributed by atoms with Crippen molar-refractivity contribution in [2.45, 2.75) is 19.3 Å². The van der Waals surface area contributed by atoms with E-state index in [9.17, 15) is 4.79 Å². The first-order valence-electron chi connectivity index (χ1n) is 3.73. The fourth-order valence-corrected chi connectivity index (χ4v) is 0.954. The van der Waals surface area contributed by atoms with E-state index in [4.69, 9.17) is 5.11 Å². The monoisotopic (exact) mass is 143 g/mol. The van der Waals surface area contributed by atoms with Crippen LogP contribution in [0.1, 0.15) is 19.3 Å².